The largest absolute Gasteiger partial charge is 0.466 e. The third-order valence-electron chi connectivity index (χ3n) is 5.38. The summed E-state index contributed by atoms with van der Waals surface area (Å²) in [5.41, 5.74) is 0. The molecular weight excluding hydrogens is 332 g/mol. The van der Waals surface area contributed by atoms with Crippen molar-refractivity contribution >= 4 is 11.9 Å². The molecule has 1 N–H and O–H groups in total. The SMILES string of the molecule is CCOC(=O)C1CCN(C(=NC)NCC(C(C)C)N2CCOCC2)CC1. The number of hydrogen-bond donors (Lipinski definition) is 1. The molecule has 2 heterocycles. The van der Waals surface area contributed by atoms with E-state index in [1.807, 2.05) is 14.0 Å². The Morgan fingerprint density at radius 2 is 1.88 bits per heavy atom. The fourth-order valence-electron chi connectivity index (χ4n) is 3.81. The Morgan fingerprint density at radius 3 is 2.42 bits per heavy atom. The van der Waals surface area contributed by atoms with Gasteiger partial charge in [0.05, 0.1) is 25.7 Å². The Labute approximate surface area is 158 Å². The Bertz CT molecular complexity index is 456. The molecule has 0 aromatic carbocycles. The lowest BCUT2D eigenvalue weighted by Crippen LogP contribution is -2.54. The molecule has 7 nitrogen and oxygen atoms in total. The summed E-state index contributed by atoms with van der Waals surface area (Å²) in [6, 6.07) is 0.465. The molecular formula is C19H36N4O3. The summed E-state index contributed by atoms with van der Waals surface area (Å²) >= 11 is 0. The second-order valence-corrected chi connectivity index (χ2v) is 7.40. The first-order chi connectivity index (χ1) is 12.6. The molecule has 0 spiro atoms. The van der Waals surface area contributed by atoms with Crippen LogP contribution in [0, 0.1) is 11.8 Å². The van der Waals surface area contributed by atoms with Crippen molar-refractivity contribution in [3.05, 3.63) is 0 Å². The van der Waals surface area contributed by atoms with Gasteiger partial charge < -0.3 is 19.7 Å². The van der Waals surface area contributed by atoms with Crippen LogP contribution in [0.1, 0.15) is 33.6 Å². The normalized spacial score (nSPS) is 21.7. The maximum atomic E-state index is 11.9. The molecule has 0 saturated carbocycles. The predicted octanol–water partition coefficient (Wildman–Crippen LogP) is 1.19. The van der Waals surface area contributed by atoms with Gasteiger partial charge in [-0.15, -0.1) is 0 Å². The maximum Gasteiger partial charge on any atom is 0.309 e. The summed E-state index contributed by atoms with van der Waals surface area (Å²) in [6.45, 7) is 13.0. The molecule has 7 heteroatoms. The van der Waals surface area contributed by atoms with Gasteiger partial charge in [-0.3, -0.25) is 14.7 Å². The fourth-order valence-corrected chi connectivity index (χ4v) is 3.81. The van der Waals surface area contributed by atoms with Gasteiger partial charge in [0.1, 0.15) is 0 Å². The molecule has 150 valence electrons. The van der Waals surface area contributed by atoms with Gasteiger partial charge in [-0.05, 0) is 25.7 Å². The molecule has 0 amide bonds. The molecule has 0 radical (unpaired) electrons. The standard InChI is InChI=1S/C19H36N4O3/c1-5-26-18(24)16-6-8-23(9-7-16)19(20-4)21-14-17(15(2)3)22-10-12-25-13-11-22/h15-17H,5-14H2,1-4H3,(H,20,21). The summed E-state index contributed by atoms with van der Waals surface area (Å²) < 4.78 is 10.6. The van der Waals surface area contributed by atoms with E-state index in [9.17, 15) is 4.79 Å². The second kappa shape index (κ2) is 10.7. The topological polar surface area (TPSA) is 66.4 Å². The number of rotatable bonds is 6. The Balaban J connectivity index is 1.84. The minimum atomic E-state index is -0.0534. The minimum Gasteiger partial charge on any atom is -0.466 e. The number of likely N-dealkylation sites (tertiary alicyclic amines) is 1. The Morgan fingerprint density at radius 1 is 1.23 bits per heavy atom. The van der Waals surface area contributed by atoms with Gasteiger partial charge in [0.2, 0.25) is 0 Å². The summed E-state index contributed by atoms with van der Waals surface area (Å²) in [5.74, 6) is 1.47. The van der Waals surface area contributed by atoms with E-state index in [1.165, 1.54) is 0 Å². The van der Waals surface area contributed by atoms with Gasteiger partial charge >= 0.3 is 5.97 Å². The molecule has 0 bridgehead atoms. The van der Waals surface area contributed by atoms with Crippen molar-refractivity contribution in [3.8, 4) is 0 Å². The van der Waals surface area contributed by atoms with E-state index in [0.717, 1.165) is 64.7 Å². The van der Waals surface area contributed by atoms with Crippen LogP contribution in [0.2, 0.25) is 0 Å². The third kappa shape index (κ3) is 5.84. The van der Waals surface area contributed by atoms with Gasteiger partial charge in [-0.2, -0.15) is 0 Å². The third-order valence-corrected chi connectivity index (χ3v) is 5.38. The number of aliphatic imine (C=N–C) groups is 1. The zero-order valence-corrected chi connectivity index (χ0v) is 16.9. The molecule has 0 aromatic heterocycles. The molecule has 2 saturated heterocycles. The van der Waals surface area contributed by atoms with Crippen LogP contribution >= 0.6 is 0 Å². The average molecular weight is 369 g/mol. The maximum absolute atomic E-state index is 11.9. The summed E-state index contributed by atoms with van der Waals surface area (Å²) in [4.78, 5) is 21.1. The first kappa shape index (κ1) is 21.0. The van der Waals surface area contributed by atoms with Crippen molar-refractivity contribution in [2.75, 3.05) is 59.6 Å². The van der Waals surface area contributed by atoms with E-state index in [-0.39, 0.29) is 11.9 Å². The number of guanidine groups is 1. The van der Waals surface area contributed by atoms with Crippen LogP contribution in [0.4, 0.5) is 0 Å². The highest BCUT2D eigenvalue weighted by Gasteiger charge is 2.28. The molecule has 2 fully saturated rings. The summed E-state index contributed by atoms with van der Waals surface area (Å²) in [5, 5.41) is 3.56. The molecule has 2 rings (SSSR count). The van der Waals surface area contributed by atoms with Crippen molar-refractivity contribution in [2.45, 2.75) is 39.7 Å². The lowest BCUT2D eigenvalue weighted by Gasteiger charge is -2.38. The van der Waals surface area contributed by atoms with Gasteiger partial charge in [0, 0.05) is 45.8 Å². The first-order valence-corrected chi connectivity index (χ1v) is 10.0. The van der Waals surface area contributed by atoms with Crippen LogP contribution in [-0.2, 0) is 14.3 Å². The highest BCUT2D eigenvalue weighted by molar-refractivity contribution is 5.80. The van der Waals surface area contributed by atoms with Crippen LogP contribution < -0.4 is 5.32 Å². The van der Waals surface area contributed by atoms with E-state index in [4.69, 9.17) is 9.47 Å². The van der Waals surface area contributed by atoms with Gasteiger partial charge in [0.25, 0.3) is 0 Å². The van der Waals surface area contributed by atoms with Crippen molar-refractivity contribution in [2.24, 2.45) is 16.8 Å². The molecule has 1 unspecified atom stereocenters. The highest BCUT2D eigenvalue weighted by atomic mass is 16.5. The molecule has 2 aliphatic rings. The monoisotopic (exact) mass is 368 g/mol. The van der Waals surface area contributed by atoms with E-state index < -0.39 is 0 Å². The van der Waals surface area contributed by atoms with E-state index in [0.29, 0.717) is 18.6 Å². The number of nitrogens with zero attached hydrogens (tertiary/aromatic N) is 3. The Kier molecular flexibility index (Phi) is 8.65. The summed E-state index contributed by atoms with van der Waals surface area (Å²) in [6.07, 6.45) is 1.66. The van der Waals surface area contributed by atoms with E-state index in [2.05, 4.69) is 34.0 Å². The molecule has 2 aliphatic heterocycles. The van der Waals surface area contributed by atoms with Crippen LogP contribution in [0.25, 0.3) is 0 Å². The smallest absolute Gasteiger partial charge is 0.309 e. The van der Waals surface area contributed by atoms with Crippen molar-refractivity contribution < 1.29 is 14.3 Å². The second-order valence-electron chi connectivity index (χ2n) is 7.40. The first-order valence-electron chi connectivity index (χ1n) is 10.0. The molecule has 0 aliphatic carbocycles. The number of nitrogens with one attached hydrogen (secondary N) is 1. The number of carbonyl (C=O) groups is 1. The van der Waals surface area contributed by atoms with Crippen LogP contribution in [-0.4, -0.2) is 87.4 Å². The highest BCUT2D eigenvalue weighted by Crippen LogP contribution is 2.19. The number of piperidine rings is 1. The summed E-state index contributed by atoms with van der Waals surface area (Å²) in [7, 11) is 1.83. The van der Waals surface area contributed by atoms with Crippen molar-refractivity contribution in [3.63, 3.8) is 0 Å². The number of morpholine rings is 1. The van der Waals surface area contributed by atoms with E-state index in [1.54, 1.807) is 0 Å². The minimum absolute atomic E-state index is 0.0288. The lowest BCUT2D eigenvalue weighted by molar-refractivity contribution is -0.149. The van der Waals surface area contributed by atoms with Crippen LogP contribution in [0.15, 0.2) is 4.99 Å². The number of hydrogen-bond acceptors (Lipinski definition) is 5. The lowest BCUT2D eigenvalue weighted by atomic mass is 9.97. The van der Waals surface area contributed by atoms with Crippen LogP contribution in [0.3, 0.4) is 0 Å². The number of esters is 1. The predicted molar refractivity (Wildman–Crippen MR) is 103 cm³/mol. The Hall–Kier alpha value is -1.34. The zero-order chi connectivity index (χ0) is 18.9. The zero-order valence-electron chi connectivity index (χ0n) is 16.9. The van der Waals surface area contributed by atoms with E-state index >= 15 is 0 Å². The fraction of sp³-hybridized carbons (Fsp3) is 0.895. The number of carbonyl (C=O) groups excluding carboxylic acids is 1. The van der Waals surface area contributed by atoms with Gasteiger partial charge in [-0.1, -0.05) is 13.8 Å². The van der Waals surface area contributed by atoms with Crippen LogP contribution in [0.5, 0.6) is 0 Å². The number of ether oxygens (including phenoxy) is 2. The van der Waals surface area contributed by atoms with Crippen molar-refractivity contribution in [1.82, 2.24) is 15.1 Å². The molecule has 26 heavy (non-hydrogen) atoms. The molecule has 0 aromatic rings. The van der Waals surface area contributed by atoms with Gasteiger partial charge in [0.15, 0.2) is 5.96 Å². The average Bonchev–Trinajstić information content (AvgIpc) is 2.66. The van der Waals surface area contributed by atoms with Crippen molar-refractivity contribution in [1.29, 1.82) is 0 Å². The molecule has 1 atom stereocenters. The van der Waals surface area contributed by atoms with Gasteiger partial charge in [-0.25, -0.2) is 0 Å². The quantitative estimate of drug-likeness (QED) is 0.432.